The fourth-order valence-electron chi connectivity index (χ4n) is 3.32. The predicted molar refractivity (Wildman–Crippen MR) is 96.2 cm³/mol. The minimum Gasteiger partial charge on any atom is -0.496 e. The minimum atomic E-state index is 0.983. The van der Waals surface area contributed by atoms with Gasteiger partial charge in [0.2, 0.25) is 0 Å². The van der Waals surface area contributed by atoms with E-state index in [1.54, 1.807) is 14.2 Å². The quantitative estimate of drug-likeness (QED) is 0.764. The molecule has 0 heterocycles. The fourth-order valence-corrected chi connectivity index (χ4v) is 3.32. The smallest absolute Gasteiger partial charge is 0.122 e. The molecule has 0 spiro atoms. The molecule has 1 aliphatic rings. The van der Waals surface area contributed by atoms with Crippen LogP contribution < -0.4 is 9.47 Å². The summed E-state index contributed by atoms with van der Waals surface area (Å²) in [5, 5.41) is 0. The van der Waals surface area contributed by atoms with Gasteiger partial charge in [0.25, 0.3) is 0 Å². The number of allylic oxidation sites excluding steroid dienone is 2. The molecule has 0 saturated heterocycles. The van der Waals surface area contributed by atoms with Crippen molar-refractivity contribution in [2.24, 2.45) is 0 Å². The second kappa shape index (κ2) is 6.49. The van der Waals surface area contributed by atoms with Crippen LogP contribution in [0.15, 0.2) is 36.4 Å². The van der Waals surface area contributed by atoms with Gasteiger partial charge in [0.05, 0.1) is 14.2 Å². The molecule has 4 bridgehead atoms. The molecule has 1 aliphatic carbocycles. The van der Waals surface area contributed by atoms with Crippen LogP contribution in [0.1, 0.15) is 42.5 Å². The lowest BCUT2D eigenvalue weighted by Crippen LogP contribution is -1.97. The van der Waals surface area contributed by atoms with E-state index in [9.17, 15) is 0 Å². The van der Waals surface area contributed by atoms with Crippen LogP contribution in [0.25, 0.3) is 11.1 Å². The van der Waals surface area contributed by atoms with Gasteiger partial charge < -0.3 is 9.47 Å². The van der Waals surface area contributed by atoms with E-state index in [1.807, 2.05) is 0 Å². The highest BCUT2D eigenvalue weighted by atomic mass is 16.5. The Kier molecular flexibility index (Phi) is 4.42. The minimum absolute atomic E-state index is 0.983. The number of hydrogen-bond donors (Lipinski definition) is 0. The molecule has 0 fully saturated rings. The number of aryl methyl sites for hydroxylation is 2. The van der Waals surface area contributed by atoms with Crippen molar-refractivity contribution in [3.8, 4) is 11.5 Å². The van der Waals surface area contributed by atoms with Crippen LogP contribution in [-0.2, 0) is 12.8 Å². The van der Waals surface area contributed by atoms with Crippen LogP contribution >= 0.6 is 0 Å². The molecule has 2 heteroatoms. The van der Waals surface area contributed by atoms with E-state index in [1.165, 1.54) is 33.4 Å². The van der Waals surface area contributed by atoms with Crippen LogP contribution in [0.2, 0.25) is 0 Å². The summed E-state index contributed by atoms with van der Waals surface area (Å²) < 4.78 is 11.1. The topological polar surface area (TPSA) is 18.5 Å². The average molecular weight is 308 g/mol. The summed E-state index contributed by atoms with van der Waals surface area (Å²) in [7, 11) is 3.49. The van der Waals surface area contributed by atoms with Crippen molar-refractivity contribution >= 4 is 11.1 Å². The summed E-state index contributed by atoms with van der Waals surface area (Å²) in [5.74, 6) is 1.97. The molecule has 0 N–H and O–H groups in total. The first-order valence-corrected chi connectivity index (χ1v) is 8.16. The third kappa shape index (κ3) is 2.98. The van der Waals surface area contributed by atoms with Gasteiger partial charge in [-0.15, -0.1) is 0 Å². The van der Waals surface area contributed by atoms with Crippen molar-refractivity contribution in [3.63, 3.8) is 0 Å². The molecule has 0 radical (unpaired) electrons. The number of rotatable bonds is 2. The van der Waals surface area contributed by atoms with Gasteiger partial charge >= 0.3 is 0 Å². The molecule has 2 nitrogen and oxygen atoms in total. The first-order valence-electron chi connectivity index (χ1n) is 8.16. The molecule has 0 unspecified atom stereocenters. The van der Waals surface area contributed by atoms with Crippen molar-refractivity contribution in [2.45, 2.75) is 33.1 Å². The Balaban J connectivity index is 2.17. The summed E-state index contributed by atoms with van der Waals surface area (Å²) >= 11 is 0. The molecule has 120 valence electrons. The lowest BCUT2D eigenvalue weighted by atomic mass is 9.95. The molecular formula is C21H24O2. The van der Waals surface area contributed by atoms with Crippen LogP contribution in [0.3, 0.4) is 0 Å². The van der Waals surface area contributed by atoms with E-state index in [0.717, 1.165) is 30.8 Å². The number of ether oxygens (including phenoxy) is 2. The van der Waals surface area contributed by atoms with E-state index >= 15 is 0 Å². The number of methoxy groups -OCH3 is 2. The Morgan fingerprint density at radius 2 is 1.13 bits per heavy atom. The highest BCUT2D eigenvalue weighted by Gasteiger charge is 2.13. The molecule has 0 aliphatic heterocycles. The largest absolute Gasteiger partial charge is 0.496 e. The van der Waals surface area contributed by atoms with Gasteiger partial charge in [0.1, 0.15) is 11.5 Å². The Bertz CT molecular complexity index is 693. The van der Waals surface area contributed by atoms with Crippen LogP contribution in [0.4, 0.5) is 0 Å². The van der Waals surface area contributed by atoms with Gasteiger partial charge in [-0.25, -0.2) is 0 Å². The van der Waals surface area contributed by atoms with Crippen molar-refractivity contribution in [1.29, 1.82) is 0 Å². The summed E-state index contributed by atoms with van der Waals surface area (Å²) in [6.07, 6.45) is 3.10. The summed E-state index contributed by atoms with van der Waals surface area (Å²) in [6, 6.07) is 13.1. The maximum absolute atomic E-state index is 5.54. The molecule has 0 aromatic heterocycles. The SMILES string of the molecule is COc1ccc2cc1CCCc1cc(ccc1OC)/C(C)=C\2C. The molecule has 0 saturated carbocycles. The number of benzene rings is 2. The van der Waals surface area contributed by atoms with E-state index in [0.29, 0.717) is 0 Å². The predicted octanol–water partition coefficient (Wildman–Crippen LogP) is 5.14. The Morgan fingerprint density at radius 1 is 0.696 bits per heavy atom. The molecule has 3 rings (SSSR count). The molecule has 2 aromatic carbocycles. The van der Waals surface area contributed by atoms with Gasteiger partial charge in [-0.3, -0.25) is 0 Å². The molecule has 2 aromatic rings. The van der Waals surface area contributed by atoms with Crippen LogP contribution in [-0.4, -0.2) is 14.2 Å². The van der Waals surface area contributed by atoms with E-state index in [2.05, 4.69) is 50.2 Å². The van der Waals surface area contributed by atoms with Crippen molar-refractivity contribution in [1.82, 2.24) is 0 Å². The van der Waals surface area contributed by atoms with Crippen molar-refractivity contribution < 1.29 is 9.47 Å². The first-order chi connectivity index (χ1) is 11.1. The second-order valence-corrected chi connectivity index (χ2v) is 6.16. The zero-order valence-corrected chi connectivity index (χ0v) is 14.4. The van der Waals surface area contributed by atoms with Crippen molar-refractivity contribution in [2.75, 3.05) is 14.2 Å². The van der Waals surface area contributed by atoms with Gasteiger partial charge in [-0.1, -0.05) is 12.1 Å². The molecule has 23 heavy (non-hydrogen) atoms. The Morgan fingerprint density at radius 3 is 1.52 bits per heavy atom. The average Bonchev–Trinajstić information content (AvgIpc) is 2.60. The highest BCUT2D eigenvalue weighted by Crippen LogP contribution is 2.33. The third-order valence-electron chi connectivity index (χ3n) is 4.88. The molecule has 0 atom stereocenters. The van der Waals surface area contributed by atoms with Gasteiger partial charge in [0.15, 0.2) is 0 Å². The van der Waals surface area contributed by atoms with Crippen molar-refractivity contribution in [3.05, 3.63) is 58.7 Å². The van der Waals surface area contributed by atoms with Gasteiger partial charge in [-0.2, -0.15) is 0 Å². The highest BCUT2D eigenvalue weighted by molar-refractivity contribution is 5.89. The van der Waals surface area contributed by atoms with Gasteiger partial charge in [0, 0.05) is 0 Å². The van der Waals surface area contributed by atoms with Crippen LogP contribution in [0.5, 0.6) is 11.5 Å². The standard InChI is InChI=1S/C21H24O2/c1-14-15(2)17-9-11-21(23-4)19(13-17)7-5-6-18-12-16(14)8-10-20(18)22-3/h8-13H,5-7H2,1-4H3/b15-14-. The Labute approximate surface area is 138 Å². The maximum Gasteiger partial charge on any atom is 0.122 e. The lowest BCUT2D eigenvalue weighted by Gasteiger charge is -2.13. The second-order valence-electron chi connectivity index (χ2n) is 6.16. The third-order valence-corrected chi connectivity index (χ3v) is 4.88. The maximum atomic E-state index is 5.54. The number of hydrogen-bond acceptors (Lipinski definition) is 2. The first kappa shape index (κ1) is 15.7. The lowest BCUT2D eigenvalue weighted by molar-refractivity contribution is 0.406. The zero-order chi connectivity index (χ0) is 16.4. The van der Waals surface area contributed by atoms with E-state index in [-0.39, 0.29) is 0 Å². The van der Waals surface area contributed by atoms with Gasteiger partial charge in [-0.05, 0) is 90.8 Å². The molecular weight excluding hydrogens is 284 g/mol. The molecule has 0 amide bonds. The fraction of sp³-hybridized carbons (Fsp3) is 0.333. The summed E-state index contributed by atoms with van der Waals surface area (Å²) in [5.41, 5.74) is 7.74. The van der Waals surface area contributed by atoms with Crippen LogP contribution in [0, 0.1) is 0 Å². The monoisotopic (exact) mass is 308 g/mol. The zero-order valence-electron chi connectivity index (χ0n) is 14.4. The van der Waals surface area contributed by atoms with E-state index < -0.39 is 0 Å². The summed E-state index contributed by atoms with van der Waals surface area (Å²) in [4.78, 5) is 0. The number of fused-ring (bicyclic) bond motifs is 4. The normalized spacial score (nSPS) is 17.4. The van der Waals surface area contributed by atoms with E-state index in [4.69, 9.17) is 9.47 Å². The summed E-state index contributed by atoms with van der Waals surface area (Å²) in [6.45, 7) is 4.39. The Hall–Kier alpha value is -2.22.